The number of halogens is 2. The molecule has 1 amide bonds. The Balaban J connectivity index is 2.68. The van der Waals surface area contributed by atoms with Crippen LogP contribution in [0.2, 0.25) is 0 Å². The van der Waals surface area contributed by atoms with Crippen molar-refractivity contribution < 1.29 is 18.7 Å². The number of amides is 1. The van der Waals surface area contributed by atoms with Crippen molar-refractivity contribution in [1.82, 2.24) is 4.90 Å². The molecule has 0 aliphatic heterocycles. The number of carbonyl (C=O) groups excluding carboxylic acids is 1. The van der Waals surface area contributed by atoms with Gasteiger partial charge in [-0.25, -0.2) is 8.78 Å². The zero-order valence-corrected chi connectivity index (χ0v) is 13.1. The van der Waals surface area contributed by atoms with Gasteiger partial charge in [-0.1, -0.05) is 13.8 Å². The van der Waals surface area contributed by atoms with Crippen LogP contribution in [-0.2, 0) is 4.79 Å². The van der Waals surface area contributed by atoms with Gasteiger partial charge in [0, 0.05) is 23.5 Å². The van der Waals surface area contributed by atoms with Gasteiger partial charge in [-0.2, -0.15) is 0 Å². The van der Waals surface area contributed by atoms with Crippen LogP contribution in [0.3, 0.4) is 0 Å². The van der Waals surface area contributed by atoms with Crippen molar-refractivity contribution in [2.24, 2.45) is 0 Å². The molecule has 0 spiro atoms. The summed E-state index contributed by atoms with van der Waals surface area (Å²) < 4.78 is 26.3. The van der Waals surface area contributed by atoms with Crippen LogP contribution in [-0.4, -0.2) is 40.9 Å². The molecule has 1 aromatic carbocycles. The number of hydrogen-bond donors (Lipinski definition) is 1. The summed E-state index contributed by atoms with van der Waals surface area (Å²) in [7, 11) is 0. The predicted molar refractivity (Wildman–Crippen MR) is 80.3 cm³/mol. The third kappa shape index (κ3) is 5.28. The van der Waals surface area contributed by atoms with Gasteiger partial charge in [0.1, 0.15) is 11.6 Å². The highest BCUT2D eigenvalue weighted by atomic mass is 32.2. The first kappa shape index (κ1) is 17.9. The summed E-state index contributed by atoms with van der Waals surface area (Å²) >= 11 is 1.04. The minimum atomic E-state index is -0.663. The Morgan fingerprint density at radius 2 is 2.00 bits per heavy atom. The number of thioether (sulfide) groups is 1. The lowest BCUT2D eigenvalue weighted by molar-refractivity contribution is -0.131. The van der Waals surface area contributed by atoms with E-state index in [-0.39, 0.29) is 35.7 Å². The van der Waals surface area contributed by atoms with Crippen molar-refractivity contribution in [2.75, 3.05) is 18.9 Å². The normalized spacial score (nSPS) is 11.0. The van der Waals surface area contributed by atoms with Crippen molar-refractivity contribution in [1.29, 1.82) is 0 Å². The maximum absolute atomic E-state index is 13.5. The van der Waals surface area contributed by atoms with Crippen molar-refractivity contribution in [3.8, 4) is 0 Å². The Morgan fingerprint density at radius 1 is 1.33 bits per heavy atom. The highest BCUT2D eigenvalue weighted by molar-refractivity contribution is 8.00. The van der Waals surface area contributed by atoms with Gasteiger partial charge in [0.25, 0.3) is 0 Å². The Hall–Kier alpha value is -1.14. The zero-order chi connectivity index (χ0) is 15.8. The number of rotatable bonds is 8. The van der Waals surface area contributed by atoms with E-state index in [1.54, 1.807) is 4.90 Å². The monoisotopic (exact) mass is 317 g/mol. The number of carbonyl (C=O) groups is 1. The van der Waals surface area contributed by atoms with Crippen LogP contribution in [0.15, 0.2) is 23.1 Å². The first-order chi connectivity index (χ1) is 10.0. The van der Waals surface area contributed by atoms with Crippen LogP contribution >= 0.6 is 11.8 Å². The smallest absolute Gasteiger partial charge is 0.233 e. The number of nitrogens with zero attached hydrogens (tertiary/aromatic N) is 1. The van der Waals surface area contributed by atoms with E-state index in [1.165, 1.54) is 12.1 Å². The van der Waals surface area contributed by atoms with Crippen molar-refractivity contribution in [3.05, 3.63) is 29.8 Å². The molecule has 118 valence electrons. The number of aliphatic hydroxyl groups is 1. The van der Waals surface area contributed by atoms with Gasteiger partial charge >= 0.3 is 0 Å². The number of benzene rings is 1. The molecule has 0 saturated heterocycles. The van der Waals surface area contributed by atoms with E-state index in [0.29, 0.717) is 0 Å². The van der Waals surface area contributed by atoms with Crippen LogP contribution in [0, 0.1) is 11.6 Å². The number of hydrogen-bond acceptors (Lipinski definition) is 3. The van der Waals surface area contributed by atoms with E-state index < -0.39 is 11.6 Å². The summed E-state index contributed by atoms with van der Waals surface area (Å²) in [5.41, 5.74) is 0. The second kappa shape index (κ2) is 9.00. The molecule has 0 bridgehead atoms. The molecule has 1 aromatic rings. The lowest BCUT2D eigenvalue weighted by Crippen LogP contribution is -2.42. The lowest BCUT2D eigenvalue weighted by atomic mass is 10.1. The lowest BCUT2D eigenvalue weighted by Gasteiger charge is -2.30. The third-order valence-electron chi connectivity index (χ3n) is 3.29. The maximum Gasteiger partial charge on any atom is 0.233 e. The quantitative estimate of drug-likeness (QED) is 0.749. The fourth-order valence-corrected chi connectivity index (χ4v) is 2.97. The largest absolute Gasteiger partial charge is 0.395 e. The second-order valence-corrected chi connectivity index (χ2v) is 5.66. The summed E-state index contributed by atoms with van der Waals surface area (Å²) in [6, 6.07) is 3.38. The van der Waals surface area contributed by atoms with Gasteiger partial charge in [0.05, 0.1) is 12.4 Å². The van der Waals surface area contributed by atoms with Gasteiger partial charge in [-0.05, 0) is 25.0 Å². The van der Waals surface area contributed by atoms with E-state index in [2.05, 4.69) is 0 Å². The van der Waals surface area contributed by atoms with Gasteiger partial charge in [0.15, 0.2) is 0 Å². The molecule has 0 aromatic heterocycles. The topological polar surface area (TPSA) is 40.5 Å². The molecule has 0 aliphatic rings. The molecular weight excluding hydrogens is 296 g/mol. The molecule has 0 fully saturated rings. The van der Waals surface area contributed by atoms with Crippen LogP contribution in [0.25, 0.3) is 0 Å². The highest BCUT2D eigenvalue weighted by Crippen LogP contribution is 2.23. The Labute approximate surface area is 128 Å². The Bertz CT molecular complexity index is 467. The fourth-order valence-electron chi connectivity index (χ4n) is 2.16. The summed E-state index contributed by atoms with van der Waals surface area (Å²) in [6.45, 7) is 4.15. The Morgan fingerprint density at radius 3 is 2.52 bits per heavy atom. The first-order valence-corrected chi connectivity index (χ1v) is 8.00. The van der Waals surface area contributed by atoms with Gasteiger partial charge in [-0.15, -0.1) is 11.8 Å². The minimum Gasteiger partial charge on any atom is -0.395 e. The molecule has 0 heterocycles. The molecule has 6 heteroatoms. The molecule has 0 atom stereocenters. The molecule has 3 nitrogen and oxygen atoms in total. The van der Waals surface area contributed by atoms with E-state index >= 15 is 0 Å². The fraction of sp³-hybridized carbons (Fsp3) is 0.533. The molecular formula is C15H21F2NO2S. The number of aliphatic hydroxyl groups excluding tert-OH is 1. The zero-order valence-electron chi connectivity index (χ0n) is 12.3. The molecule has 0 unspecified atom stereocenters. The molecule has 0 aliphatic carbocycles. The minimum absolute atomic E-state index is 0.0685. The van der Waals surface area contributed by atoms with E-state index in [1.807, 2.05) is 13.8 Å². The summed E-state index contributed by atoms with van der Waals surface area (Å²) in [4.78, 5) is 14.1. The summed E-state index contributed by atoms with van der Waals surface area (Å²) in [6.07, 6.45) is 1.61. The highest BCUT2D eigenvalue weighted by Gasteiger charge is 2.21. The molecule has 0 saturated carbocycles. The van der Waals surface area contributed by atoms with E-state index in [0.717, 1.165) is 30.7 Å². The first-order valence-electron chi connectivity index (χ1n) is 7.01. The van der Waals surface area contributed by atoms with Gasteiger partial charge in [0.2, 0.25) is 5.91 Å². The van der Waals surface area contributed by atoms with Crippen molar-refractivity contribution in [3.63, 3.8) is 0 Å². The van der Waals surface area contributed by atoms with E-state index in [4.69, 9.17) is 5.11 Å². The average molecular weight is 317 g/mol. The van der Waals surface area contributed by atoms with Gasteiger partial charge in [-0.3, -0.25) is 4.79 Å². The second-order valence-electron chi connectivity index (χ2n) is 4.64. The van der Waals surface area contributed by atoms with Crippen LogP contribution < -0.4 is 0 Å². The van der Waals surface area contributed by atoms with Crippen molar-refractivity contribution >= 4 is 17.7 Å². The average Bonchev–Trinajstić information content (AvgIpc) is 2.46. The molecule has 1 N–H and O–H groups in total. The van der Waals surface area contributed by atoms with Crippen LogP contribution in [0.4, 0.5) is 8.78 Å². The van der Waals surface area contributed by atoms with Crippen LogP contribution in [0.5, 0.6) is 0 Å². The van der Waals surface area contributed by atoms with Gasteiger partial charge < -0.3 is 10.0 Å². The van der Waals surface area contributed by atoms with Crippen molar-refractivity contribution in [2.45, 2.75) is 37.6 Å². The predicted octanol–water partition coefficient (Wildman–Crippen LogP) is 3.07. The molecule has 21 heavy (non-hydrogen) atoms. The maximum atomic E-state index is 13.5. The molecule has 1 rings (SSSR count). The molecule has 0 radical (unpaired) electrons. The Kier molecular flexibility index (Phi) is 7.67. The third-order valence-corrected chi connectivity index (χ3v) is 4.32. The van der Waals surface area contributed by atoms with E-state index in [9.17, 15) is 13.6 Å². The standard InChI is InChI=1S/C15H21F2NO2S/c1-3-12(4-2)18(7-8-19)15(20)10-21-14-6-5-11(16)9-13(14)17/h5-6,9,12,19H,3-4,7-8,10H2,1-2H3. The summed E-state index contributed by atoms with van der Waals surface area (Å²) in [5.74, 6) is -1.38. The summed E-state index contributed by atoms with van der Waals surface area (Å²) in [5, 5.41) is 9.08. The van der Waals surface area contributed by atoms with Crippen LogP contribution in [0.1, 0.15) is 26.7 Å². The SMILES string of the molecule is CCC(CC)N(CCO)C(=O)CSc1ccc(F)cc1F.